The minimum atomic E-state index is -1.39. The van der Waals surface area contributed by atoms with Crippen molar-refractivity contribution in [2.75, 3.05) is 19.7 Å². The molecule has 2 aromatic rings. The van der Waals surface area contributed by atoms with Crippen molar-refractivity contribution in [2.45, 2.75) is 24.6 Å². The number of hydrogen-bond acceptors (Lipinski definition) is 6. The van der Waals surface area contributed by atoms with E-state index in [9.17, 15) is 19.5 Å². The second-order valence-electron chi connectivity index (χ2n) is 7.05. The first-order valence-electron chi connectivity index (χ1n) is 9.18. The third-order valence-corrected chi connectivity index (χ3v) is 5.62. The normalized spacial score (nSPS) is 20.8. The van der Waals surface area contributed by atoms with Gasteiger partial charge in [0.05, 0.1) is 24.9 Å². The van der Waals surface area contributed by atoms with E-state index in [-0.39, 0.29) is 31.1 Å². The van der Waals surface area contributed by atoms with Crippen LogP contribution >= 0.6 is 11.6 Å². The average molecular weight is 418 g/mol. The SMILES string of the molecule is O=C([O-])[C@@H]1COC2(CCN(C(=O)c3cccc(Cl)c3)CC2)N1C(=O)c1ccco1. The fourth-order valence-electron chi connectivity index (χ4n) is 3.93. The standard InChI is InChI=1S/C20H19ClN2O6/c21-14-4-1-3-13(11-14)17(24)22-8-6-20(7-9-22)23(15(12-29-20)19(26)27)18(25)16-5-2-10-28-16/h1-5,10-11,15H,6-9,12H2,(H,26,27)/p-1/t15-/m0/s1. The summed E-state index contributed by atoms with van der Waals surface area (Å²) in [6.07, 6.45) is 1.89. The quantitative estimate of drug-likeness (QED) is 0.742. The van der Waals surface area contributed by atoms with Gasteiger partial charge >= 0.3 is 0 Å². The Hall–Kier alpha value is -2.84. The number of ether oxygens (including phenoxy) is 1. The third kappa shape index (κ3) is 3.49. The molecule has 4 rings (SSSR count). The molecule has 0 aliphatic carbocycles. The number of carboxylic acid groups (broad SMARTS) is 1. The highest BCUT2D eigenvalue weighted by atomic mass is 35.5. The van der Waals surface area contributed by atoms with E-state index in [2.05, 4.69) is 0 Å². The summed E-state index contributed by atoms with van der Waals surface area (Å²) in [5.41, 5.74) is -0.656. The molecule has 29 heavy (non-hydrogen) atoms. The number of rotatable bonds is 3. The van der Waals surface area contributed by atoms with Gasteiger partial charge < -0.3 is 24.0 Å². The highest BCUT2D eigenvalue weighted by Crippen LogP contribution is 2.38. The molecule has 1 aromatic carbocycles. The lowest BCUT2D eigenvalue weighted by Crippen LogP contribution is -2.60. The molecule has 0 saturated carbocycles. The number of piperidine rings is 1. The number of aliphatic carboxylic acids is 1. The molecule has 2 aliphatic heterocycles. The molecule has 1 spiro atoms. The monoisotopic (exact) mass is 417 g/mol. The summed E-state index contributed by atoms with van der Waals surface area (Å²) in [6, 6.07) is 8.48. The van der Waals surface area contributed by atoms with Crippen molar-refractivity contribution in [3.63, 3.8) is 0 Å². The molecule has 2 saturated heterocycles. The molecule has 8 nitrogen and oxygen atoms in total. The van der Waals surface area contributed by atoms with E-state index < -0.39 is 23.6 Å². The lowest BCUT2D eigenvalue weighted by Gasteiger charge is -2.44. The molecule has 2 amide bonds. The number of carbonyl (C=O) groups is 3. The average Bonchev–Trinajstić information content (AvgIpc) is 3.36. The first-order valence-corrected chi connectivity index (χ1v) is 9.56. The van der Waals surface area contributed by atoms with Crippen molar-refractivity contribution in [3.05, 3.63) is 59.0 Å². The first kappa shape index (κ1) is 19.5. The predicted octanol–water partition coefficient (Wildman–Crippen LogP) is 1.16. The van der Waals surface area contributed by atoms with Gasteiger partial charge in [-0.15, -0.1) is 0 Å². The lowest BCUT2D eigenvalue weighted by molar-refractivity contribution is -0.310. The van der Waals surface area contributed by atoms with Crippen LogP contribution in [0.25, 0.3) is 0 Å². The van der Waals surface area contributed by atoms with E-state index in [0.29, 0.717) is 23.7 Å². The maximum atomic E-state index is 12.9. The number of benzene rings is 1. The second-order valence-corrected chi connectivity index (χ2v) is 7.48. The molecule has 152 valence electrons. The Morgan fingerprint density at radius 2 is 1.86 bits per heavy atom. The van der Waals surface area contributed by atoms with E-state index in [0.717, 1.165) is 0 Å². The second kappa shape index (κ2) is 7.53. The van der Waals surface area contributed by atoms with Gasteiger partial charge in [-0.05, 0) is 30.3 Å². The molecule has 9 heteroatoms. The van der Waals surface area contributed by atoms with Crippen molar-refractivity contribution in [1.82, 2.24) is 9.80 Å². The Balaban J connectivity index is 1.54. The van der Waals surface area contributed by atoms with Crippen LogP contribution in [0.5, 0.6) is 0 Å². The van der Waals surface area contributed by atoms with Crippen molar-refractivity contribution in [3.8, 4) is 0 Å². The predicted molar refractivity (Wildman–Crippen MR) is 98.9 cm³/mol. The molecular formula is C20H18ClN2O6-. The molecule has 2 aliphatic rings. The van der Waals surface area contributed by atoms with Crippen molar-refractivity contribution < 1.29 is 28.6 Å². The van der Waals surface area contributed by atoms with Gasteiger partial charge in [-0.2, -0.15) is 0 Å². The largest absolute Gasteiger partial charge is 0.548 e. The van der Waals surface area contributed by atoms with Gasteiger partial charge in [0.25, 0.3) is 11.8 Å². The highest BCUT2D eigenvalue weighted by molar-refractivity contribution is 6.30. The molecule has 1 aromatic heterocycles. The van der Waals surface area contributed by atoms with Crippen molar-refractivity contribution >= 4 is 29.4 Å². The molecular weight excluding hydrogens is 400 g/mol. The van der Waals surface area contributed by atoms with Crippen LogP contribution in [0.1, 0.15) is 33.8 Å². The Labute approximate surface area is 171 Å². The summed E-state index contributed by atoms with van der Waals surface area (Å²) in [5.74, 6) is -2.12. The number of carbonyl (C=O) groups excluding carboxylic acids is 3. The van der Waals surface area contributed by atoms with E-state index in [1.165, 1.54) is 17.2 Å². The highest BCUT2D eigenvalue weighted by Gasteiger charge is 2.53. The minimum absolute atomic E-state index is 0.0264. The summed E-state index contributed by atoms with van der Waals surface area (Å²) in [6.45, 7) is 0.428. The topological polar surface area (TPSA) is 103 Å². The minimum Gasteiger partial charge on any atom is -0.548 e. The number of carboxylic acids is 1. The Bertz CT molecular complexity index is 936. The van der Waals surface area contributed by atoms with Gasteiger partial charge in [-0.3, -0.25) is 14.5 Å². The van der Waals surface area contributed by atoms with Crippen LogP contribution in [0, 0.1) is 0 Å². The van der Waals surface area contributed by atoms with E-state index in [4.69, 9.17) is 20.8 Å². The number of furan rings is 1. The summed E-state index contributed by atoms with van der Waals surface area (Å²) < 4.78 is 11.0. The summed E-state index contributed by atoms with van der Waals surface area (Å²) in [5, 5.41) is 12.1. The smallest absolute Gasteiger partial charge is 0.292 e. The van der Waals surface area contributed by atoms with Crippen molar-refractivity contribution in [1.29, 1.82) is 0 Å². The van der Waals surface area contributed by atoms with Gasteiger partial charge in [0.15, 0.2) is 5.76 Å². The van der Waals surface area contributed by atoms with Gasteiger partial charge in [-0.25, -0.2) is 0 Å². The Morgan fingerprint density at radius 3 is 2.48 bits per heavy atom. The van der Waals surface area contributed by atoms with E-state index in [1.54, 1.807) is 35.2 Å². The number of halogens is 1. The summed E-state index contributed by atoms with van der Waals surface area (Å²) in [7, 11) is 0. The van der Waals surface area contributed by atoms with Gasteiger partial charge in [0, 0.05) is 36.5 Å². The number of likely N-dealkylation sites (tertiary alicyclic amines) is 1. The van der Waals surface area contributed by atoms with E-state index in [1.807, 2.05) is 0 Å². The molecule has 1 atom stereocenters. The number of nitrogens with zero attached hydrogens (tertiary/aromatic N) is 2. The zero-order valence-corrected chi connectivity index (χ0v) is 16.1. The Morgan fingerprint density at radius 1 is 1.10 bits per heavy atom. The fraction of sp³-hybridized carbons (Fsp3) is 0.350. The zero-order chi connectivity index (χ0) is 20.6. The summed E-state index contributed by atoms with van der Waals surface area (Å²) >= 11 is 5.97. The fourth-order valence-corrected chi connectivity index (χ4v) is 4.12. The maximum Gasteiger partial charge on any atom is 0.292 e. The molecule has 0 bridgehead atoms. The van der Waals surface area contributed by atoms with E-state index >= 15 is 0 Å². The Kier molecular flexibility index (Phi) is 5.06. The van der Waals surface area contributed by atoms with Crippen LogP contribution in [0.4, 0.5) is 0 Å². The van der Waals surface area contributed by atoms with Gasteiger partial charge in [0.1, 0.15) is 5.72 Å². The molecule has 0 unspecified atom stereocenters. The number of amides is 2. The molecule has 3 heterocycles. The van der Waals surface area contributed by atoms with Crippen LogP contribution in [-0.2, 0) is 9.53 Å². The van der Waals surface area contributed by atoms with Crippen molar-refractivity contribution in [2.24, 2.45) is 0 Å². The van der Waals surface area contributed by atoms with Crippen LogP contribution < -0.4 is 5.11 Å². The molecule has 0 radical (unpaired) electrons. The summed E-state index contributed by atoms with van der Waals surface area (Å²) in [4.78, 5) is 40.1. The van der Waals surface area contributed by atoms with Crippen LogP contribution in [0.2, 0.25) is 5.02 Å². The molecule has 0 N–H and O–H groups in total. The van der Waals surface area contributed by atoms with Crippen LogP contribution in [0.3, 0.4) is 0 Å². The van der Waals surface area contributed by atoms with Gasteiger partial charge in [-0.1, -0.05) is 17.7 Å². The maximum absolute atomic E-state index is 12.9. The first-order chi connectivity index (χ1) is 13.9. The van der Waals surface area contributed by atoms with Crippen LogP contribution in [0.15, 0.2) is 47.1 Å². The van der Waals surface area contributed by atoms with Crippen LogP contribution in [-0.4, -0.2) is 59.0 Å². The lowest BCUT2D eigenvalue weighted by atomic mass is 9.96. The zero-order valence-electron chi connectivity index (χ0n) is 15.4. The third-order valence-electron chi connectivity index (χ3n) is 5.39. The number of hydrogen-bond donors (Lipinski definition) is 0. The molecule has 2 fully saturated rings. The van der Waals surface area contributed by atoms with Gasteiger partial charge in [0.2, 0.25) is 0 Å².